The summed E-state index contributed by atoms with van der Waals surface area (Å²) in [6, 6.07) is 0. The number of carbonyl (C=O) groups excluding carboxylic acids is 1. The van der Waals surface area contributed by atoms with Crippen LogP contribution in [0.25, 0.3) is 0 Å². The molecule has 13 heavy (non-hydrogen) atoms. The van der Waals surface area contributed by atoms with Crippen molar-refractivity contribution in [1.29, 1.82) is 0 Å². The SMILES string of the molecule is COC(=O)C(O)Cn1ncc(N)n1. The zero-order valence-electron chi connectivity index (χ0n) is 7.04. The van der Waals surface area contributed by atoms with E-state index in [1.807, 2.05) is 0 Å². The highest BCUT2D eigenvalue weighted by Crippen LogP contribution is 1.95. The molecular weight excluding hydrogens is 176 g/mol. The van der Waals surface area contributed by atoms with Crippen LogP contribution in [0.15, 0.2) is 6.20 Å². The summed E-state index contributed by atoms with van der Waals surface area (Å²) in [5, 5.41) is 16.5. The number of nitrogens with two attached hydrogens (primary N) is 1. The minimum Gasteiger partial charge on any atom is -0.467 e. The topological polar surface area (TPSA) is 103 Å². The molecule has 3 N–H and O–H groups in total. The zero-order chi connectivity index (χ0) is 9.84. The smallest absolute Gasteiger partial charge is 0.336 e. The molecule has 0 fully saturated rings. The Hall–Kier alpha value is -1.63. The first-order valence-electron chi connectivity index (χ1n) is 3.55. The Morgan fingerprint density at radius 2 is 2.62 bits per heavy atom. The minimum atomic E-state index is -1.27. The number of nitrogen functional groups attached to an aromatic ring is 1. The average molecular weight is 186 g/mol. The van der Waals surface area contributed by atoms with Crippen molar-refractivity contribution >= 4 is 11.8 Å². The van der Waals surface area contributed by atoms with Crippen molar-refractivity contribution in [2.45, 2.75) is 12.6 Å². The van der Waals surface area contributed by atoms with Crippen molar-refractivity contribution in [3.8, 4) is 0 Å². The number of methoxy groups -OCH3 is 1. The highest BCUT2D eigenvalue weighted by Gasteiger charge is 2.16. The summed E-state index contributed by atoms with van der Waals surface area (Å²) in [5.41, 5.74) is 5.27. The Morgan fingerprint density at radius 3 is 3.08 bits per heavy atom. The van der Waals surface area contributed by atoms with E-state index in [-0.39, 0.29) is 12.4 Å². The molecule has 0 aliphatic rings. The number of esters is 1. The maximum atomic E-state index is 10.8. The van der Waals surface area contributed by atoms with Gasteiger partial charge in [0, 0.05) is 0 Å². The lowest BCUT2D eigenvalue weighted by atomic mass is 10.4. The van der Waals surface area contributed by atoms with Crippen LogP contribution in [0.5, 0.6) is 0 Å². The molecule has 0 spiro atoms. The highest BCUT2D eigenvalue weighted by molar-refractivity contribution is 5.73. The van der Waals surface area contributed by atoms with Crippen molar-refractivity contribution in [2.75, 3.05) is 12.8 Å². The van der Waals surface area contributed by atoms with Gasteiger partial charge in [0.05, 0.1) is 19.9 Å². The lowest BCUT2D eigenvalue weighted by Gasteiger charge is -2.06. The van der Waals surface area contributed by atoms with E-state index in [1.54, 1.807) is 0 Å². The van der Waals surface area contributed by atoms with E-state index in [2.05, 4.69) is 14.9 Å². The van der Waals surface area contributed by atoms with E-state index in [0.29, 0.717) is 0 Å². The second-order valence-electron chi connectivity index (χ2n) is 2.36. The fourth-order valence-corrected chi connectivity index (χ4v) is 0.764. The van der Waals surface area contributed by atoms with Crippen molar-refractivity contribution in [1.82, 2.24) is 15.0 Å². The Kier molecular flexibility index (Phi) is 2.80. The first-order chi connectivity index (χ1) is 6.13. The molecule has 1 rings (SSSR count). The van der Waals surface area contributed by atoms with Gasteiger partial charge in [0.25, 0.3) is 0 Å². The van der Waals surface area contributed by atoms with Crippen LogP contribution < -0.4 is 5.73 Å². The molecule has 0 aromatic carbocycles. The number of hydrogen-bond donors (Lipinski definition) is 2. The first-order valence-corrected chi connectivity index (χ1v) is 3.55. The molecule has 0 bridgehead atoms. The Morgan fingerprint density at radius 1 is 1.92 bits per heavy atom. The van der Waals surface area contributed by atoms with Crippen LogP contribution in [0.3, 0.4) is 0 Å². The maximum Gasteiger partial charge on any atom is 0.336 e. The number of anilines is 1. The number of aliphatic hydroxyl groups is 1. The lowest BCUT2D eigenvalue weighted by molar-refractivity contribution is -0.151. The van der Waals surface area contributed by atoms with Gasteiger partial charge in [-0.05, 0) is 0 Å². The van der Waals surface area contributed by atoms with Gasteiger partial charge in [-0.25, -0.2) is 4.79 Å². The number of aromatic nitrogens is 3. The molecule has 1 atom stereocenters. The molecule has 0 amide bonds. The zero-order valence-corrected chi connectivity index (χ0v) is 7.04. The molecule has 1 aromatic rings. The van der Waals surface area contributed by atoms with E-state index < -0.39 is 12.1 Å². The number of hydrogen-bond acceptors (Lipinski definition) is 6. The third-order valence-electron chi connectivity index (χ3n) is 1.36. The van der Waals surface area contributed by atoms with Gasteiger partial charge in [0.1, 0.15) is 0 Å². The third-order valence-corrected chi connectivity index (χ3v) is 1.36. The summed E-state index contributed by atoms with van der Waals surface area (Å²) in [6.45, 7) is -0.0656. The van der Waals surface area contributed by atoms with E-state index >= 15 is 0 Å². The Labute approximate surface area is 74.1 Å². The predicted molar refractivity (Wildman–Crippen MR) is 42.5 cm³/mol. The quantitative estimate of drug-likeness (QED) is 0.551. The molecule has 0 aliphatic heterocycles. The van der Waals surface area contributed by atoms with Gasteiger partial charge in [-0.15, -0.1) is 5.10 Å². The predicted octanol–water partition coefficient (Wildman–Crippen LogP) is -1.61. The second-order valence-corrected chi connectivity index (χ2v) is 2.36. The number of rotatable bonds is 3. The summed E-state index contributed by atoms with van der Waals surface area (Å²) in [4.78, 5) is 11.9. The minimum absolute atomic E-state index is 0.0656. The number of aliphatic hydroxyl groups excluding tert-OH is 1. The molecule has 7 nitrogen and oxygen atoms in total. The van der Waals surface area contributed by atoms with Crippen LogP contribution in [-0.2, 0) is 16.1 Å². The van der Waals surface area contributed by atoms with Crippen LogP contribution in [0, 0.1) is 0 Å². The summed E-state index contributed by atoms with van der Waals surface area (Å²) in [6.07, 6.45) is 0.0566. The molecule has 1 aromatic heterocycles. The van der Waals surface area contributed by atoms with E-state index in [0.717, 1.165) is 4.80 Å². The fourth-order valence-electron chi connectivity index (χ4n) is 0.764. The van der Waals surface area contributed by atoms with Crippen molar-refractivity contribution in [2.24, 2.45) is 0 Å². The van der Waals surface area contributed by atoms with Crippen LogP contribution in [0.4, 0.5) is 5.82 Å². The fraction of sp³-hybridized carbons (Fsp3) is 0.500. The standard InChI is InChI=1S/C6H10N4O3/c1-13-6(12)4(11)3-10-8-2-5(7)9-10/h2,4,11H,3H2,1H3,(H2,7,9). The Balaban J connectivity index is 2.54. The molecule has 1 heterocycles. The van der Waals surface area contributed by atoms with Crippen molar-refractivity contribution in [3.05, 3.63) is 6.20 Å². The van der Waals surface area contributed by atoms with Crippen LogP contribution in [0.1, 0.15) is 0 Å². The molecule has 0 saturated heterocycles. The van der Waals surface area contributed by atoms with Gasteiger partial charge in [-0.2, -0.15) is 9.90 Å². The van der Waals surface area contributed by atoms with Crippen molar-refractivity contribution in [3.63, 3.8) is 0 Å². The monoisotopic (exact) mass is 186 g/mol. The summed E-state index contributed by atoms with van der Waals surface area (Å²) in [7, 11) is 1.19. The lowest BCUT2D eigenvalue weighted by Crippen LogP contribution is -2.28. The van der Waals surface area contributed by atoms with E-state index in [1.165, 1.54) is 13.3 Å². The molecule has 0 radical (unpaired) electrons. The highest BCUT2D eigenvalue weighted by atomic mass is 16.5. The summed E-state index contributed by atoms with van der Waals surface area (Å²) < 4.78 is 4.30. The van der Waals surface area contributed by atoms with Gasteiger partial charge < -0.3 is 15.6 Å². The summed E-state index contributed by atoms with van der Waals surface area (Å²) >= 11 is 0. The molecule has 7 heteroatoms. The number of ether oxygens (including phenoxy) is 1. The normalized spacial score (nSPS) is 12.5. The number of nitrogens with zero attached hydrogens (tertiary/aromatic N) is 3. The van der Waals surface area contributed by atoms with Crippen LogP contribution >= 0.6 is 0 Å². The largest absolute Gasteiger partial charge is 0.467 e. The molecular formula is C6H10N4O3. The van der Waals surface area contributed by atoms with Gasteiger partial charge in [-0.1, -0.05) is 0 Å². The molecule has 0 saturated carbocycles. The molecule has 0 aliphatic carbocycles. The van der Waals surface area contributed by atoms with Crippen LogP contribution in [-0.4, -0.2) is 39.3 Å². The van der Waals surface area contributed by atoms with Gasteiger partial charge in [-0.3, -0.25) is 0 Å². The molecule has 72 valence electrons. The Bertz CT molecular complexity index is 298. The van der Waals surface area contributed by atoms with Gasteiger partial charge in [0.15, 0.2) is 11.9 Å². The van der Waals surface area contributed by atoms with E-state index in [4.69, 9.17) is 10.8 Å². The second kappa shape index (κ2) is 3.85. The van der Waals surface area contributed by atoms with Crippen molar-refractivity contribution < 1.29 is 14.6 Å². The summed E-state index contributed by atoms with van der Waals surface area (Å²) in [5.74, 6) is -0.493. The maximum absolute atomic E-state index is 10.8. The average Bonchev–Trinajstić information content (AvgIpc) is 2.49. The van der Waals surface area contributed by atoms with E-state index in [9.17, 15) is 4.79 Å². The van der Waals surface area contributed by atoms with Gasteiger partial charge >= 0.3 is 5.97 Å². The first kappa shape index (κ1) is 9.46. The number of carbonyl (C=O) groups is 1. The third kappa shape index (κ3) is 2.41. The molecule has 1 unspecified atom stereocenters. The van der Waals surface area contributed by atoms with Crippen LogP contribution in [0.2, 0.25) is 0 Å². The van der Waals surface area contributed by atoms with Gasteiger partial charge in [0.2, 0.25) is 0 Å².